The van der Waals surface area contributed by atoms with Gasteiger partial charge in [0.1, 0.15) is 5.75 Å². The summed E-state index contributed by atoms with van der Waals surface area (Å²) in [6, 6.07) is 6.49. The van der Waals surface area contributed by atoms with Crippen molar-refractivity contribution in [2.24, 2.45) is 0 Å². The van der Waals surface area contributed by atoms with Crippen molar-refractivity contribution in [3.8, 4) is 5.75 Å². The largest absolute Gasteiger partial charge is 0.493 e. The second-order valence-corrected chi connectivity index (χ2v) is 3.46. The lowest BCUT2D eigenvalue weighted by atomic mass is 9.98. The predicted molar refractivity (Wildman–Crippen MR) is 49.7 cm³/mol. The third-order valence-electron chi connectivity index (χ3n) is 2.54. The zero-order valence-corrected chi connectivity index (χ0v) is 7.63. The van der Waals surface area contributed by atoms with Gasteiger partial charge in [0.2, 0.25) is 0 Å². The molecule has 1 aromatic rings. The van der Waals surface area contributed by atoms with Crippen molar-refractivity contribution >= 4 is 0 Å². The summed E-state index contributed by atoms with van der Waals surface area (Å²) in [5.74, 6) is 1.72. The van der Waals surface area contributed by atoms with Gasteiger partial charge in [-0.15, -0.1) is 0 Å². The van der Waals surface area contributed by atoms with Crippen molar-refractivity contribution in [3.63, 3.8) is 0 Å². The highest BCUT2D eigenvalue weighted by atomic mass is 16.5. The molecule has 12 heavy (non-hydrogen) atoms. The molecule has 2 rings (SSSR count). The summed E-state index contributed by atoms with van der Waals surface area (Å²) >= 11 is 0. The highest BCUT2D eigenvalue weighted by Gasteiger charge is 2.21. The lowest BCUT2D eigenvalue weighted by Crippen LogP contribution is -1.97. The van der Waals surface area contributed by atoms with Crippen LogP contribution in [0, 0.1) is 6.92 Å². The van der Waals surface area contributed by atoms with Crippen LogP contribution in [0.25, 0.3) is 0 Å². The van der Waals surface area contributed by atoms with E-state index in [-0.39, 0.29) is 0 Å². The van der Waals surface area contributed by atoms with Gasteiger partial charge in [-0.1, -0.05) is 19.1 Å². The van der Waals surface area contributed by atoms with Crippen LogP contribution in [0.1, 0.15) is 30.4 Å². The Morgan fingerprint density at radius 3 is 3.08 bits per heavy atom. The molecule has 1 atom stereocenters. The first-order valence-corrected chi connectivity index (χ1v) is 4.54. The Kier molecular flexibility index (Phi) is 1.80. The molecule has 1 aliphatic rings. The fourth-order valence-electron chi connectivity index (χ4n) is 1.72. The van der Waals surface area contributed by atoms with Gasteiger partial charge in [-0.05, 0) is 25.0 Å². The van der Waals surface area contributed by atoms with Crippen LogP contribution >= 0.6 is 0 Å². The van der Waals surface area contributed by atoms with Gasteiger partial charge in [0.25, 0.3) is 0 Å². The molecule has 0 fully saturated rings. The Morgan fingerprint density at radius 2 is 2.33 bits per heavy atom. The average molecular weight is 162 g/mol. The fraction of sp³-hybridized carbons (Fsp3) is 0.455. The number of benzene rings is 1. The Balaban J connectivity index is 2.40. The van der Waals surface area contributed by atoms with Crippen molar-refractivity contribution in [2.75, 3.05) is 6.61 Å². The Bertz CT molecular complexity index is 291. The number of ether oxygens (including phenoxy) is 1. The summed E-state index contributed by atoms with van der Waals surface area (Å²) in [5.41, 5.74) is 2.67. The van der Waals surface area contributed by atoms with Gasteiger partial charge in [-0.2, -0.15) is 0 Å². The molecule has 0 aromatic heterocycles. The maximum absolute atomic E-state index is 5.58. The molecular formula is C11H14O. The third-order valence-corrected chi connectivity index (χ3v) is 2.54. The molecule has 0 N–H and O–H groups in total. The predicted octanol–water partition coefficient (Wildman–Crippen LogP) is 2.88. The molecular weight excluding hydrogens is 148 g/mol. The molecule has 1 nitrogen and oxygen atoms in total. The summed E-state index contributed by atoms with van der Waals surface area (Å²) in [7, 11) is 0. The van der Waals surface area contributed by atoms with Gasteiger partial charge in [-0.25, -0.2) is 0 Å². The monoisotopic (exact) mass is 162 g/mol. The molecule has 64 valence electrons. The number of rotatable bonds is 1. The summed E-state index contributed by atoms with van der Waals surface area (Å²) in [6.45, 7) is 5.18. The van der Waals surface area contributed by atoms with E-state index in [1.165, 1.54) is 17.5 Å². The van der Waals surface area contributed by atoms with Crippen molar-refractivity contribution in [1.29, 1.82) is 0 Å². The van der Waals surface area contributed by atoms with Gasteiger partial charge in [0.05, 0.1) is 6.61 Å². The van der Waals surface area contributed by atoms with Crippen LogP contribution in [-0.2, 0) is 0 Å². The van der Waals surface area contributed by atoms with Crippen molar-refractivity contribution in [3.05, 3.63) is 29.3 Å². The topological polar surface area (TPSA) is 9.23 Å². The van der Waals surface area contributed by atoms with E-state index in [1.54, 1.807) is 0 Å². The summed E-state index contributed by atoms with van der Waals surface area (Å²) in [5, 5.41) is 0. The van der Waals surface area contributed by atoms with E-state index in [4.69, 9.17) is 4.74 Å². The second-order valence-electron chi connectivity index (χ2n) is 3.46. The zero-order chi connectivity index (χ0) is 8.55. The first kappa shape index (κ1) is 7.66. The maximum Gasteiger partial charge on any atom is 0.123 e. The van der Waals surface area contributed by atoms with Crippen LogP contribution in [0.5, 0.6) is 5.75 Å². The zero-order valence-electron chi connectivity index (χ0n) is 7.63. The minimum absolute atomic E-state index is 0.626. The number of fused-ring (bicyclic) bond motifs is 1. The molecule has 1 aromatic carbocycles. The van der Waals surface area contributed by atoms with E-state index >= 15 is 0 Å². The molecule has 0 saturated carbocycles. The van der Waals surface area contributed by atoms with Crippen molar-refractivity contribution in [2.45, 2.75) is 26.2 Å². The Labute approximate surface area is 73.4 Å². The molecule has 0 amide bonds. The minimum atomic E-state index is 0.626. The Hall–Kier alpha value is -0.980. The standard InChI is InChI=1S/C11H14O/c1-3-9-7-12-11-6-8(2)4-5-10(9)11/h4-6,9H,3,7H2,1-2H3/t9-/m1/s1. The van der Waals surface area contributed by atoms with Crippen molar-refractivity contribution < 1.29 is 4.74 Å². The van der Waals surface area contributed by atoms with Crippen LogP contribution < -0.4 is 4.74 Å². The van der Waals surface area contributed by atoms with Gasteiger partial charge in [-0.3, -0.25) is 0 Å². The molecule has 0 bridgehead atoms. The van der Waals surface area contributed by atoms with Crippen molar-refractivity contribution in [1.82, 2.24) is 0 Å². The van der Waals surface area contributed by atoms with Crippen LogP contribution in [0.15, 0.2) is 18.2 Å². The van der Waals surface area contributed by atoms with E-state index < -0.39 is 0 Å². The first-order valence-electron chi connectivity index (χ1n) is 4.54. The molecule has 1 heterocycles. The van der Waals surface area contributed by atoms with Gasteiger partial charge in [0.15, 0.2) is 0 Å². The first-order chi connectivity index (χ1) is 5.81. The fourth-order valence-corrected chi connectivity index (χ4v) is 1.72. The highest BCUT2D eigenvalue weighted by Crippen LogP contribution is 2.35. The minimum Gasteiger partial charge on any atom is -0.493 e. The quantitative estimate of drug-likeness (QED) is 0.617. The van der Waals surface area contributed by atoms with Crippen LogP contribution in [0.2, 0.25) is 0 Å². The Morgan fingerprint density at radius 1 is 1.50 bits per heavy atom. The van der Waals surface area contributed by atoms with E-state index in [2.05, 4.69) is 32.0 Å². The lowest BCUT2D eigenvalue weighted by Gasteiger charge is -2.03. The van der Waals surface area contributed by atoms with Gasteiger partial charge in [0, 0.05) is 11.5 Å². The summed E-state index contributed by atoms with van der Waals surface area (Å²) in [6.07, 6.45) is 1.18. The van der Waals surface area contributed by atoms with Gasteiger partial charge < -0.3 is 4.74 Å². The highest BCUT2D eigenvalue weighted by molar-refractivity contribution is 5.42. The molecule has 0 spiro atoms. The van der Waals surface area contributed by atoms with E-state index in [9.17, 15) is 0 Å². The number of hydrogen-bond acceptors (Lipinski definition) is 1. The lowest BCUT2D eigenvalue weighted by molar-refractivity contribution is 0.328. The smallest absolute Gasteiger partial charge is 0.123 e. The van der Waals surface area contributed by atoms with Crippen LogP contribution in [-0.4, -0.2) is 6.61 Å². The molecule has 0 unspecified atom stereocenters. The molecule has 0 saturated heterocycles. The van der Waals surface area contributed by atoms with Crippen LogP contribution in [0.4, 0.5) is 0 Å². The van der Waals surface area contributed by atoms with Crippen LogP contribution in [0.3, 0.4) is 0 Å². The van der Waals surface area contributed by atoms with E-state index in [0.29, 0.717) is 5.92 Å². The second kappa shape index (κ2) is 2.81. The molecule has 0 radical (unpaired) electrons. The van der Waals surface area contributed by atoms with E-state index in [1.807, 2.05) is 0 Å². The average Bonchev–Trinajstić information content (AvgIpc) is 2.46. The molecule has 1 aliphatic heterocycles. The summed E-state index contributed by atoms with van der Waals surface area (Å²) in [4.78, 5) is 0. The molecule has 1 heteroatoms. The normalized spacial score (nSPS) is 20.3. The number of hydrogen-bond donors (Lipinski definition) is 0. The maximum atomic E-state index is 5.58. The number of aryl methyl sites for hydroxylation is 1. The summed E-state index contributed by atoms with van der Waals surface area (Å²) < 4.78 is 5.58. The van der Waals surface area contributed by atoms with Gasteiger partial charge >= 0.3 is 0 Å². The van der Waals surface area contributed by atoms with E-state index in [0.717, 1.165) is 12.4 Å². The SMILES string of the molecule is CC[C@@H]1COc2cc(C)ccc21. The molecule has 0 aliphatic carbocycles. The third kappa shape index (κ3) is 1.09.